The number of carbonyl (C=O) groups is 1. The maximum atomic E-state index is 12.0. The Morgan fingerprint density at radius 3 is 2.82 bits per heavy atom. The van der Waals surface area contributed by atoms with Gasteiger partial charge in [0.1, 0.15) is 5.75 Å². The first-order valence-corrected chi connectivity index (χ1v) is 7.32. The molecule has 2 aromatic carbocycles. The predicted molar refractivity (Wildman–Crippen MR) is 88.5 cm³/mol. The Morgan fingerprint density at radius 2 is 2.05 bits per heavy atom. The zero-order valence-corrected chi connectivity index (χ0v) is 12.9. The third kappa shape index (κ3) is 4.45. The lowest BCUT2D eigenvalue weighted by Crippen LogP contribution is -2.18. The summed E-state index contributed by atoms with van der Waals surface area (Å²) >= 11 is 0. The van der Waals surface area contributed by atoms with E-state index in [1.165, 1.54) is 0 Å². The van der Waals surface area contributed by atoms with E-state index in [4.69, 9.17) is 4.74 Å². The van der Waals surface area contributed by atoms with Crippen molar-refractivity contribution in [2.75, 3.05) is 6.61 Å². The van der Waals surface area contributed by atoms with Gasteiger partial charge in [-0.3, -0.25) is 4.79 Å². The monoisotopic (exact) mass is 296 g/mol. The minimum Gasteiger partial charge on any atom is -0.494 e. The van der Waals surface area contributed by atoms with Gasteiger partial charge in [-0.1, -0.05) is 37.3 Å². The van der Waals surface area contributed by atoms with Crippen molar-refractivity contribution in [1.82, 2.24) is 5.43 Å². The molecule has 1 amide bonds. The van der Waals surface area contributed by atoms with E-state index in [1.807, 2.05) is 49.4 Å². The number of hydrogen-bond donors (Lipinski definition) is 1. The molecule has 2 aromatic rings. The molecule has 0 radical (unpaired) electrons. The van der Waals surface area contributed by atoms with Crippen LogP contribution in [0.1, 0.15) is 34.8 Å². The van der Waals surface area contributed by atoms with Crippen molar-refractivity contribution in [3.63, 3.8) is 0 Å². The summed E-state index contributed by atoms with van der Waals surface area (Å²) in [7, 11) is 0. The SMILES string of the molecule is CCCOc1cccc(/C=N/NC(=O)c2ccccc2C)c1. The fourth-order valence-electron chi connectivity index (χ4n) is 1.96. The number of carbonyl (C=O) groups excluding carboxylic acids is 1. The molecule has 0 unspecified atom stereocenters. The average Bonchev–Trinajstić information content (AvgIpc) is 2.53. The summed E-state index contributed by atoms with van der Waals surface area (Å²) in [5, 5.41) is 4.00. The zero-order valence-electron chi connectivity index (χ0n) is 12.9. The van der Waals surface area contributed by atoms with Crippen molar-refractivity contribution >= 4 is 12.1 Å². The van der Waals surface area contributed by atoms with Crippen molar-refractivity contribution in [3.8, 4) is 5.75 Å². The molecule has 22 heavy (non-hydrogen) atoms. The summed E-state index contributed by atoms with van der Waals surface area (Å²) in [6, 6.07) is 15.0. The van der Waals surface area contributed by atoms with E-state index in [9.17, 15) is 4.79 Å². The van der Waals surface area contributed by atoms with Crippen LogP contribution in [0.4, 0.5) is 0 Å². The number of ether oxygens (including phenoxy) is 1. The molecule has 0 aliphatic carbocycles. The lowest BCUT2D eigenvalue weighted by molar-refractivity contribution is 0.0954. The molecule has 0 spiro atoms. The topological polar surface area (TPSA) is 50.7 Å². The standard InChI is InChI=1S/C18H20N2O2/c1-3-11-22-16-9-6-8-15(12-16)13-19-20-18(21)17-10-5-4-7-14(17)2/h4-10,12-13H,3,11H2,1-2H3,(H,20,21)/b19-13+. The second-order valence-corrected chi connectivity index (χ2v) is 4.93. The normalized spacial score (nSPS) is 10.6. The van der Waals surface area contributed by atoms with E-state index >= 15 is 0 Å². The summed E-state index contributed by atoms with van der Waals surface area (Å²) in [6.45, 7) is 4.64. The number of hydrogen-bond acceptors (Lipinski definition) is 3. The van der Waals surface area contributed by atoms with Crippen LogP contribution in [0.15, 0.2) is 53.6 Å². The van der Waals surface area contributed by atoms with Crippen LogP contribution in [0.2, 0.25) is 0 Å². The largest absolute Gasteiger partial charge is 0.494 e. The molecule has 0 fully saturated rings. The van der Waals surface area contributed by atoms with Crippen LogP contribution < -0.4 is 10.2 Å². The summed E-state index contributed by atoms with van der Waals surface area (Å²) in [5.41, 5.74) is 4.96. The molecule has 0 atom stereocenters. The van der Waals surface area contributed by atoms with Crippen molar-refractivity contribution in [1.29, 1.82) is 0 Å². The highest BCUT2D eigenvalue weighted by atomic mass is 16.5. The molecule has 0 saturated carbocycles. The molecule has 0 aliphatic heterocycles. The Hall–Kier alpha value is -2.62. The third-order valence-corrected chi connectivity index (χ3v) is 3.10. The van der Waals surface area contributed by atoms with Crippen LogP contribution in [0.3, 0.4) is 0 Å². The van der Waals surface area contributed by atoms with Crippen LogP contribution in [-0.4, -0.2) is 18.7 Å². The quantitative estimate of drug-likeness (QED) is 0.654. The van der Waals surface area contributed by atoms with Gasteiger partial charge in [0.15, 0.2) is 0 Å². The number of nitrogens with zero attached hydrogens (tertiary/aromatic N) is 1. The molecule has 0 aromatic heterocycles. The first-order valence-electron chi connectivity index (χ1n) is 7.32. The van der Waals surface area contributed by atoms with E-state index in [0.29, 0.717) is 12.2 Å². The van der Waals surface area contributed by atoms with Gasteiger partial charge < -0.3 is 4.74 Å². The van der Waals surface area contributed by atoms with Crippen molar-refractivity contribution in [2.45, 2.75) is 20.3 Å². The fraction of sp³-hybridized carbons (Fsp3) is 0.222. The Bertz CT molecular complexity index is 666. The highest BCUT2D eigenvalue weighted by Crippen LogP contribution is 2.12. The van der Waals surface area contributed by atoms with Gasteiger partial charge in [-0.2, -0.15) is 5.10 Å². The molecule has 0 saturated heterocycles. The third-order valence-electron chi connectivity index (χ3n) is 3.10. The summed E-state index contributed by atoms with van der Waals surface area (Å²) in [6.07, 6.45) is 2.57. The number of rotatable bonds is 6. The number of nitrogens with one attached hydrogen (secondary N) is 1. The number of benzene rings is 2. The molecule has 4 nitrogen and oxygen atoms in total. The van der Waals surface area contributed by atoms with E-state index in [2.05, 4.69) is 17.5 Å². The highest BCUT2D eigenvalue weighted by molar-refractivity contribution is 5.96. The fourth-order valence-corrected chi connectivity index (χ4v) is 1.96. The summed E-state index contributed by atoms with van der Waals surface area (Å²) < 4.78 is 5.56. The number of amides is 1. The molecular weight excluding hydrogens is 276 g/mol. The van der Waals surface area contributed by atoms with Crippen molar-refractivity contribution in [3.05, 3.63) is 65.2 Å². The van der Waals surface area contributed by atoms with Gasteiger partial charge >= 0.3 is 0 Å². The predicted octanol–water partition coefficient (Wildman–Crippen LogP) is 3.55. The van der Waals surface area contributed by atoms with Crippen LogP contribution in [0.5, 0.6) is 5.75 Å². The second kappa shape index (κ2) is 7.98. The highest BCUT2D eigenvalue weighted by Gasteiger charge is 2.06. The minimum absolute atomic E-state index is 0.215. The smallest absolute Gasteiger partial charge is 0.271 e. The van der Waals surface area contributed by atoms with E-state index in [-0.39, 0.29) is 5.91 Å². The Kier molecular flexibility index (Phi) is 5.72. The lowest BCUT2D eigenvalue weighted by Gasteiger charge is -2.05. The van der Waals surface area contributed by atoms with Crippen molar-refractivity contribution < 1.29 is 9.53 Å². The molecule has 114 valence electrons. The molecule has 0 aliphatic rings. The van der Waals surface area contributed by atoms with Crippen LogP contribution in [0.25, 0.3) is 0 Å². The van der Waals surface area contributed by atoms with E-state index in [0.717, 1.165) is 23.3 Å². The van der Waals surface area contributed by atoms with Gasteiger partial charge in [0.05, 0.1) is 12.8 Å². The summed E-state index contributed by atoms with van der Waals surface area (Å²) in [4.78, 5) is 12.0. The first kappa shape index (κ1) is 15.8. The van der Waals surface area contributed by atoms with Crippen LogP contribution in [-0.2, 0) is 0 Å². The number of aryl methyl sites for hydroxylation is 1. The average molecular weight is 296 g/mol. The maximum Gasteiger partial charge on any atom is 0.271 e. The summed E-state index contributed by atoms with van der Waals surface area (Å²) in [5.74, 6) is 0.587. The molecule has 4 heteroatoms. The molecule has 1 N–H and O–H groups in total. The van der Waals surface area contributed by atoms with Gasteiger partial charge in [-0.05, 0) is 42.7 Å². The molecule has 0 bridgehead atoms. The van der Waals surface area contributed by atoms with Gasteiger partial charge in [-0.15, -0.1) is 0 Å². The molecule has 2 rings (SSSR count). The van der Waals surface area contributed by atoms with Gasteiger partial charge in [-0.25, -0.2) is 5.43 Å². The zero-order chi connectivity index (χ0) is 15.8. The van der Waals surface area contributed by atoms with Crippen LogP contribution in [0, 0.1) is 6.92 Å². The lowest BCUT2D eigenvalue weighted by atomic mass is 10.1. The van der Waals surface area contributed by atoms with Gasteiger partial charge in [0.25, 0.3) is 5.91 Å². The Morgan fingerprint density at radius 1 is 1.23 bits per heavy atom. The van der Waals surface area contributed by atoms with E-state index in [1.54, 1.807) is 12.3 Å². The Balaban J connectivity index is 1.98. The van der Waals surface area contributed by atoms with E-state index < -0.39 is 0 Å². The molecular formula is C18H20N2O2. The molecule has 0 heterocycles. The first-order chi connectivity index (χ1) is 10.7. The second-order valence-electron chi connectivity index (χ2n) is 4.93. The Labute approximate surface area is 130 Å². The van der Waals surface area contributed by atoms with Gasteiger partial charge in [0, 0.05) is 5.56 Å². The van der Waals surface area contributed by atoms with Crippen molar-refractivity contribution in [2.24, 2.45) is 5.10 Å². The van der Waals surface area contributed by atoms with Crippen LogP contribution >= 0.6 is 0 Å². The minimum atomic E-state index is -0.215. The maximum absolute atomic E-state index is 12.0. The number of hydrazone groups is 1. The van der Waals surface area contributed by atoms with Gasteiger partial charge in [0.2, 0.25) is 0 Å².